The molecule has 0 aliphatic rings. The van der Waals surface area contributed by atoms with Gasteiger partial charge in [0, 0.05) is 12.1 Å². The van der Waals surface area contributed by atoms with E-state index >= 15 is 0 Å². The summed E-state index contributed by atoms with van der Waals surface area (Å²) in [6.45, 7) is 6.36. The number of benzene rings is 1. The van der Waals surface area contributed by atoms with Crippen molar-refractivity contribution in [2.75, 3.05) is 0 Å². The van der Waals surface area contributed by atoms with Crippen molar-refractivity contribution < 1.29 is 0 Å². The number of hydrogen-bond donors (Lipinski definition) is 1. The molecule has 2 heteroatoms. The van der Waals surface area contributed by atoms with Gasteiger partial charge in [0.15, 0.2) is 0 Å². The summed E-state index contributed by atoms with van der Waals surface area (Å²) in [5, 5.41) is 12.2. The van der Waals surface area contributed by atoms with Crippen LogP contribution in [0.1, 0.15) is 43.9 Å². The minimum absolute atomic E-state index is 0.292. The first-order valence-electron chi connectivity index (χ1n) is 5.87. The Bertz CT molecular complexity index is 365. The van der Waals surface area contributed by atoms with Gasteiger partial charge in [-0.2, -0.15) is 5.26 Å². The summed E-state index contributed by atoms with van der Waals surface area (Å²) in [7, 11) is 0. The van der Waals surface area contributed by atoms with E-state index in [0.717, 1.165) is 6.42 Å². The van der Waals surface area contributed by atoms with Crippen LogP contribution in [0.3, 0.4) is 0 Å². The molecule has 0 aromatic heterocycles. The molecule has 1 aromatic rings. The van der Waals surface area contributed by atoms with E-state index in [-0.39, 0.29) is 0 Å². The van der Waals surface area contributed by atoms with Crippen LogP contribution in [0.2, 0.25) is 0 Å². The van der Waals surface area contributed by atoms with Crippen LogP contribution in [0.5, 0.6) is 0 Å². The lowest BCUT2D eigenvalue weighted by molar-refractivity contribution is 0.448. The summed E-state index contributed by atoms with van der Waals surface area (Å²) in [6, 6.07) is 11.3. The van der Waals surface area contributed by atoms with Gasteiger partial charge < -0.3 is 5.32 Å². The molecule has 0 radical (unpaired) electrons. The second-order valence-corrected chi connectivity index (χ2v) is 4.27. The largest absolute Gasteiger partial charge is 0.306 e. The van der Waals surface area contributed by atoms with E-state index < -0.39 is 0 Å². The topological polar surface area (TPSA) is 35.8 Å². The fourth-order valence-electron chi connectivity index (χ4n) is 1.82. The van der Waals surface area contributed by atoms with Crippen LogP contribution < -0.4 is 5.32 Å². The predicted octanol–water partition coefficient (Wildman–Crippen LogP) is 3.34. The Balaban J connectivity index is 2.64. The molecule has 1 rings (SSSR count). The third-order valence-corrected chi connectivity index (χ3v) is 2.86. The van der Waals surface area contributed by atoms with Gasteiger partial charge in [-0.25, -0.2) is 0 Å². The lowest BCUT2D eigenvalue weighted by Crippen LogP contribution is -2.30. The molecule has 0 heterocycles. The monoisotopic (exact) mass is 216 g/mol. The van der Waals surface area contributed by atoms with Gasteiger partial charge in [0.2, 0.25) is 0 Å². The highest BCUT2D eigenvalue weighted by molar-refractivity contribution is 5.24. The van der Waals surface area contributed by atoms with Crippen molar-refractivity contribution in [1.82, 2.24) is 5.32 Å². The molecule has 0 aliphatic carbocycles. The number of hydrogen-bond acceptors (Lipinski definition) is 2. The van der Waals surface area contributed by atoms with Crippen LogP contribution in [0.25, 0.3) is 0 Å². The maximum atomic E-state index is 8.71. The van der Waals surface area contributed by atoms with E-state index in [1.165, 1.54) is 11.1 Å². The summed E-state index contributed by atoms with van der Waals surface area (Å²) in [5.41, 5.74) is 2.57. The Kier molecular flexibility index (Phi) is 5.01. The van der Waals surface area contributed by atoms with Crippen LogP contribution in [0.15, 0.2) is 24.3 Å². The maximum Gasteiger partial charge on any atom is 0.0638 e. The quantitative estimate of drug-likeness (QED) is 0.819. The molecule has 0 spiro atoms. The van der Waals surface area contributed by atoms with Crippen molar-refractivity contribution in [2.45, 2.75) is 45.7 Å². The summed E-state index contributed by atoms with van der Waals surface area (Å²) in [6.07, 6.45) is 1.57. The van der Waals surface area contributed by atoms with Crippen LogP contribution in [-0.4, -0.2) is 6.04 Å². The maximum absolute atomic E-state index is 8.71. The molecule has 16 heavy (non-hydrogen) atoms. The lowest BCUT2D eigenvalue weighted by Gasteiger charge is -2.20. The second kappa shape index (κ2) is 6.30. The zero-order valence-electron chi connectivity index (χ0n) is 10.3. The minimum atomic E-state index is 0.292. The Morgan fingerprint density at radius 3 is 2.75 bits per heavy atom. The highest BCUT2D eigenvalue weighted by Crippen LogP contribution is 2.15. The van der Waals surface area contributed by atoms with Crippen LogP contribution in [0, 0.1) is 18.3 Å². The first-order chi connectivity index (χ1) is 7.67. The molecule has 2 atom stereocenters. The average Bonchev–Trinajstić information content (AvgIpc) is 2.28. The average molecular weight is 216 g/mol. The number of nitrogens with zero attached hydrogens (tertiary/aromatic N) is 1. The van der Waals surface area contributed by atoms with Gasteiger partial charge in [-0.1, -0.05) is 36.8 Å². The Hall–Kier alpha value is -1.33. The molecule has 1 aromatic carbocycles. The molecule has 2 unspecified atom stereocenters. The Morgan fingerprint density at radius 1 is 1.44 bits per heavy atom. The smallest absolute Gasteiger partial charge is 0.0638 e. The van der Waals surface area contributed by atoms with Gasteiger partial charge >= 0.3 is 0 Å². The molecular weight excluding hydrogens is 196 g/mol. The van der Waals surface area contributed by atoms with E-state index in [9.17, 15) is 0 Å². The van der Waals surface area contributed by atoms with Crippen molar-refractivity contribution in [3.63, 3.8) is 0 Å². The van der Waals surface area contributed by atoms with Crippen molar-refractivity contribution >= 4 is 0 Å². The summed E-state index contributed by atoms with van der Waals surface area (Å²) >= 11 is 0. The van der Waals surface area contributed by atoms with Crippen molar-refractivity contribution in [2.24, 2.45) is 0 Å². The SMILES string of the molecule is CCC(CC#N)NC(C)c1cccc(C)c1. The molecule has 86 valence electrons. The molecule has 1 N–H and O–H groups in total. The third kappa shape index (κ3) is 3.67. The molecule has 0 fully saturated rings. The number of rotatable bonds is 5. The van der Waals surface area contributed by atoms with E-state index in [0.29, 0.717) is 18.5 Å². The van der Waals surface area contributed by atoms with Gasteiger partial charge in [-0.15, -0.1) is 0 Å². The third-order valence-electron chi connectivity index (χ3n) is 2.86. The van der Waals surface area contributed by atoms with Crippen LogP contribution >= 0.6 is 0 Å². The zero-order valence-corrected chi connectivity index (χ0v) is 10.3. The molecule has 0 aliphatic heterocycles. The number of nitrogens with one attached hydrogen (secondary N) is 1. The van der Waals surface area contributed by atoms with E-state index in [1.807, 2.05) is 0 Å². The minimum Gasteiger partial charge on any atom is -0.306 e. The molecule has 0 saturated heterocycles. The lowest BCUT2D eigenvalue weighted by atomic mass is 10.0. The summed E-state index contributed by atoms with van der Waals surface area (Å²) in [5.74, 6) is 0. The van der Waals surface area contributed by atoms with E-state index in [2.05, 4.69) is 56.4 Å². The van der Waals surface area contributed by atoms with Crippen molar-refractivity contribution in [3.8, 4) is 6.07 Å². The van der Waals surface area contributed by atoms with Gasteiger partial charge in [-0.05, 0) is 25.8 Å². The summed E-state index contributed by atoms with van der Waals surface area (Å²) in [4.78, 5) is 0. The van der Waals surface area contributed by atoms with E-state index in [4.69, 9.17) is 5.26 Å². The number of nitriles is 1. The normalized spacial score (nSPS) is 14.1. The zero-order chi connectivity index (χ0) is 12.0. The first kappa shape index (κ1) is 12.7. The molecular formula is C14H20N2. The first-order valence-corrected chi connectivity index (χ1v) is 5.87. The van der Waals surface area contributed by atoms with Crippen LogP contribution in [-0.2, 0) is 0 Å². The van der Waals surface area contributed by atoms with Gasteiger partial charge in [0.1, 0.15) is 0 Å². The van der Waals surface area contributed by atoms with E-state index in [1.54, 1.807) is 0 Å². The van der Waals surface area contributed by atoms with Crippen molar-refractivity contribution in [1.29, 1.82) is 5.26 Å². The van der Waals surface area contributed by atoms with Gasteiger partial charge in [-0.3, -0.25) is 0 Å². The molecule has 0 bridgehead atoms. The second-order valence-electron chi connectivity index (χ2n) is 4.27. The Morgan fingerprint density at radius 2 is 2.19 bits per heavy atom. The molecule has 0 saturated carbocycles. The molecule has 2 nitrogen and oxygen atoms in total. The fraction of sp³-hybridized carbons (Fsp3) is 0.500. The number of aryl methyl sites for hydroxylation is 1. The highest BCUT2D eigenvalue weighted by atomic mass is 14.9. The Labute approximate surface area is 98.3 Å². The highest BCUT2D eigenvalue weighted by Gasteiger charge is 2.11. The van der Waals surface area contributed by atoms with Crippen molar-refractivity contribution in [3.05, 3.63) is 35.4 Å². The fourth-order valence-corrected chi connectivity index (χ4v) is 1.82. The molecule has 0 amide bonds. The predicted molar refractivity (Wildman–Crippen MR) is 67.0 cm³/mol. The van der Waals surface area contributed by atoms with Gasteiger partial charge in [0.25, 0.3) is 0 Å². The standard InChI is InChI=1S/C14H20N2/c1-4-14(8-9-15)16-12(3)13-7-5-6-11(2)10-13/h5-7,10,12,14,16H,4,8H2,1-3H3. The summed E-state index contributed by atoms with van der Waals surface area (Å²) < 4.78 is 0. The van der Waals surface area contributed by atoms with Crippen LogP contribution in [0.4, 0.5) is 0 Å². The van der Waals surface area contributed by atoms with Gasteiger partial charge in [0.05, 0.1) is 12.5 Å².